The highest BCUT2D eigenvalue weighted by Gasteiger charge is 2.38. The van der Waals surface area contributed by atoms with E-state index in [1.165, 1.54) is 0 Å². The summed E-state index contributed by atoms with van der Waals surface area (Å²) < 4.78 is 5.86. The summed E-state index contributed by atoms with van der Waals surface area (Å²) in [6.07, 6.45) is 4.39. The first kappa shape index (κ1) is 18.8. The molecule has 2 heterocycles. The lowest BCUT2D eigenvalue weighted by Gasteiger charge is -2.42. The lowest BCUT2D eigenvalue weighted by Crippen LogP contribution is -2.56. The maximum absolute atomic E-state index is 12.7. The van der Waals surface area contributed by atoms with Gasteiger partial charge in [0.25, 0.3) is 0 Å². The summed E-state index contributed by atoms with van der Waals surface area (Å²) >= 11 is 0. The zero-order valence-electron chi connectivity index (χ0n) is 15.6. The van der Waals surface area contributed by atoms with E-state index in [4.69, 9.17) is 9.52 Å². The third-order valence-electron chi connectivity index (χ3n) is 5.57. The quantitative estimate of drug-likeness (QED) is 0.778. The number of amides is 2. The van der Waals surface area contributed by atoms with Crippen LogP contribution in [-0.2, 0) is 11.2 Å². The van der Waals surface area contributed by atoms with Crippen LogP contribution < -0.4 is 5.32 Å². The Labute approximate surface area is 154 Å². The fraction of sp³-hybridized carbons (Fsp3) is 0.684. The molecule has 144 valence electrons. The first-order valence-electron chi connectivity index (χ1n) is 9.63. The van der Waals surface area contributed by atoms with Crippen molar-refractivity contribution >= 4 is 12.0 Å². The van der Waals surface area contributed by atoms with Crippen LogP contribution >= 0.6 is 0 Å². The summed E-state index contributed by atoms with van der Waals surface area (Å²) in [5.74, 6) is 1.02. The number of carboxylic acid groups (broad SMARTS) is 1. The van der Waals surface area contributed by atoms with Gasteiger partial charge in [0.15, 0.2) is 0 Å². The molecule has 1 aliphatic heterocycles. The molecule has 1 unspecified atom stereocenters. The van der Waals surface area contributed by atoms with Gasteiger partial charge in [-0.1, -0.05) is 13.8 Å². The standard InChI is InChI=1S/C19H29N3O4/c1-3-15-7-8-17(26-15)16-6-5-9-22(16)19(25)20-13-10-14(11-13)21(4-2)12-18(23)24/h7-8,13-14,16H,3-6,9-12H2,1-2H3,(H,20,25)(H,23,24). The number of nitrogens with one attached hydrogen (secondary N) is 1. The van der Waals surface area contributed by atoms with Gasteiger partial charge in [0, 0.05) is 25.0 Å². The number of rotatable bonds is 7. The van der Waals surface area contributed by atoms with Crippen LogP contribution in [0.4, 0.5) is 4.79 Å². The lowest BCUT2D eigenvalue weighted by molar-refractivity contribution is -0.139. The third-order valence-corrected chi connectivity index (χ3v) is 5.57. The highest BCUT2D eigenvalue weighted by Crippen LogP contribution is 2.34. The predicted molar refractivity (Wildman–Crippen MR) is 97.0 cm³/mol. The van der Waals surface area contributed by atoms with Crippen molar-refractivity contribution in [2.24, 2.45) is 0 Å². The van der Waals surface area contributed by atoms with Crippen LogP contribution in [0.5, 0.6) is 0 Å². The maximum atomic E-state index is 12.7. The van der Waals surface area contributed by atoms with Crippen molar-refractivity contribution in [1.29, 1.82) is 0 Å². The lowest BCUT2D eigenvalue weighted by atomic mass is 9.85. The van der Waals surface area contributed by atoms with Gasteiger partial charge in [0.1, 0.15) is 11.5 Å². The highest BCUT2D eigenvalue weighted by molar-refractivity contribution is 5.75. The van der Waals surface area contributed by atoms with Gasteiger partial charge in [-0.05, 0) is 44.4 Å². The minimum atomic E-state index is -0.802. The Morgan fingerprint density at radius 1 is 1.35 bits per heavy atom. The van der Waals surface area contributed by atoms with Crippen molar-refractivity contribution in [2.45, 2.75) is 64.1 Å². The van der Waals surface area contributed by atoms with E-state index in [2.05, 4.69) is 12.2 Å². The van der Waals surface area contributed by atoms with Gasteiger partial charge in [-0.3, -0.25) is 9.69 Å². The number of hydrogen-bond donors (Lipinski definition) is 2. The molecule has 0 spiro atoms. The molecule has 0 bridgehead atoms. The molecule has 7 nitrogen and oxygen atoms in total. The molecule has 1 saturated heterocycles. The normalized spacial score (nSPS) is 25.3. The number of hydrogen-bond acceptors (Lipinski definition) is 4. The number of aryl methyl sites for hydroxylation is 1. The maximum Gasteiger partial charge on any atom is 0.318 e. The summed E-state index contributed by atoms with van der Waals surface area (Å²) in [4.78, 5) is 27.4. The fourth-order valence-electron chi connectivity index (χ4n) is 4.00. The van der Waals surface area contributed by atoms with E-state index in [-0.39, 0.29) is 30.7 Å². The molecule has 1 saturated carbocycles. The topological polar surface area (TPSA) is 86.0 Å². The van der Waals surface area contributed by atoms with E-state index < -0.39 is 5.97 Å². The van der Waals surface area contributed by atoms with Gasteiger partial charge < -0.3 is 19.7 Å². The molecule has 0 aromatic carbocycles. The molecule has 26 heavy (non-hydrogen) atoms. The van der Waals surface area contributed by atoms with E-state index in [0.717, 1.165) is 50.2 Å². The number of carbonyl (C=O) groups is 2. The summed E-state index contributed by atoms with van der Waals surface area (Å²) in [7, 11) is 0. The van der Waals surface area contributed by atoms with E-state index in [0.29, 0.717) is 6.54 Å². The first-order chi connectivity index (χ1) is 12.5. The molecule has 1 aromatic rings. The zero-order chi connectivity index (χ0) is 18.7. The van der Waals surface area contributed by atoms with Crippen LogP contribution in [0, 0.1) is 0 Å². The summed E-state index contributed by atoms with van der Waals surface area (Å²) in [6, 6.07) is 4.33. The molecule has 0 radical (unpaired) electrons. The molecule has 1 atom stereocenters. The molecule has 2 fully saturated rings. The van der Waals surface area contributed by atoms with Crippen LogP contribution in [0.2, 0.25) is 0 Å². The second kappa shape index (κ2) is 8.12. The molecule has 1 aliphatic carbocycles. The Hall–Kier alpha value is -2.02. The Morgan fingerprint density at radius 3 is 2.73 bits per heavy atom. The van der Waals surface area contributed by atoms with E-state index in [1.54, 1.807) is 0 Å². The van der Waals surface area contributed by atoms with Crippen molar-refractivity contribution in [3.63, 3.8) is 0 Å². The zero-order valence-corrected chi connectivity index (χ0v) is 15.6. The molecule has 1 aromatic heterocycles. The van der Waals surface area contributed by atoms with Gasteiger partial charge in [-0.15, -0.1) is 0 Å². The SMILES string of the molecule is CCc1ccc(C2CCCN2C(=O)NC2CC(N(CC)CC(=O)O)C2)o1. The number of aliphatic carboxylic acids is 1. The van der Waals surface area contributed by atoms with Crippen molar-refractivity contribution in [3.05, 3.63) is 23.7 Å². The minimum absolute atomic E-state index is 0.0188. The molecular weight excluding hydrogens is 334 g/mol. The molecular formula is C19H29N3O4. The van der Waals surface area contributed by atoms with Gasteiger partial charge in [-0.25, -0.2) is 4.79 Å². The van der Waals surface area contributed by atoms with Crippen molar-refractivity contribution < 1.29 is 19.1 Å². The second-order valence-corrected chi connectivity index (χ2v) is 7.24. The minimum Gasteiger partial charge on any atom is -0.480 e. The van der Waals surface area contributed by atoms with Crippen LogP contribution in [0.25, 0.3) is 0 Å². The largest absolute Gasteiger partial charge is 0.480 e. The Bertz CT molecular complexity index is 638. The van der Waals surface area contributed by atoms with Crippen LogP contribution in [-0.4, -0.2) is 58.6 Å². The molecule has 2 aliphatic rings. The van der Waals surface area contributed by atoms with Gasteiger partial charge in [0.2, 0.25) is 0 Å². The Morgan fingerprint density at radius 2 is 2.12 bits per heavy atom. The number of carbonyl (C=O) groups excluding carboxylic acids is 1. The van der Waals surface area contributed by atoms with E-state index in [9.17, 15) is 9.59 Å². The number of carboxylic acids is 1. The summed E-state index contributed by atoms with van der Waals surface area (Å²) in [5, 5.41) is 12.1. The average Bonchev–Trinajstić information content (AvgIpc) is 3.23. The van der Waals surface area contributed by atoms with E-state index in [1.807, 2.05) is 28.9 Å². The third kappa shape index (κ3) is 4.03. The monoisotopic (exact) mass is 363 g/mol. The number of nitrogens with zero attached hydrogens (tertiary/aromatic N) is 2. The van der Waals surface area contributed by atoms with Crippen molar-refractivity contribution in [3.8, 4) is 0 Å². The molecule has 3 rings (SSSR count). The molecule has 7 heteroatoms. The van der Waals surface area contributed by atoms with Crippen molar-refractivity contribution in [1.82, 2.24) is 15.1 Å². The number of furan rings is 1. The highest BCUT2D eigenvalue weighted by atomic mass is 16.4. The fourth-order valence-corrected chi connectivity index (χ4v) is 4.00. The Kier molecular flexibility index (Phi) is 5.86. The molecule has 2 amide bonds. The van der Waals surface area contributed by atoms with Crippen LogP contribution in [0.3, 0.4) is 0 Å². The van der Waals surface area contributed by atoms with Crippen LogP contribution in [0.1, 0.15) is 57.1 Å². The summed E-state index contributed by atoms with van der Waals surface area (Å²) in [6.45, 7) is 5.55. The van der Waals surface area contributed by atoms with Gasteiger partial charge in [-0.2, -0.15) is 0 Å². The van der Waals surface area contributed by atoms with E-state index >= 15 is 0 Å². The molecule has 2 N–H and O–H groups in total. The number of likely N-dealkylation sites (tertiary alicyclic amines) is 1. The van der Waals surface area contributed by atoms with Gasteiger partial charge in [0.05, 0.1) is 12.6 Å². The Balaban J connectivity index is 1.51. The first-order valence-corrected chi connectivity index (χ1v) is 9.63. The average molecular weight is 363 g/mol. The van der Waals surface area contributed by atoms with Gasteiger partial charge >= 0.3 is 12.0 Å². The summed E-state index contributed by atoms with van der Waals surface area (Å²) in [5.41, 5.74) is 0. The van der Waals surface area contributed by atoms with Crippen LogP contribution in [0.15, 0.2) is 16.5 Å². The number of likely N-dealkylation sites (N-methyl/N-ethyl adjacent to an activating group) is 1. The smallest absolute Gasteiger partial charge is 0.318 e. The van der Waals surface area contributed by atoms with Crippen molar-refractivity contribution in [2.75, 3.05) is 19.6 Å². The number of urea groups is 1. The second-order valence-electron chi connectivity index (χ2n) is 7.24. The predicted octanol–water partition coefficient (Wildman–Crippen LogP) is 2.63.